The molecule has 6 nitrogen and oxygen atoms in total. The Bertz CT molecular complexity index is 829. The van der Waals surface area contributed by atoms with Gasteiger partial charge in [0.1, 0.15) is 5.75 Å². The van der Waals surface area contributed by atoms with Crippen molar-refractivity contribution in [1.82, 2.24) is 9.80 Å². The highest BCUT2D eigenvalue weighted by molar-refractivity contribution is 9.10. The van der Waals surface area contributed by atoms with Crippen LogP contribution in [0.1, 0.15) is 5.56 Å². The topological polar surface area (TPSA) is 74.9 Å². The number of phenolic OH excluding ortho intramolecular Hbond substituents is 1. The molecule has 0 atom stereocenters. The zero-order valence-corrected chi connectivity index (χ0v) is 16.7. The summed E-state index contributed by atoms with van der Waals surface area (Å²) in [5.41, 5.74) is 1.67. The molecule has 0 saturated heterocycles. The van der Waals surface area contributed by atoms with Crippen LogP contribution in [0, 0.1) is 11.3 Å². The molecule has 2 N–H and O–H groups in total. The molecule has 2 aromatic carbocycles. The van der Waals surface area contributed by atoms with Gasteiger partial charge in [0, 0.05) is 24.6 Å². The second-order valence-corrected chi connectivity index (χ2v) is 6.93. The summed E-state index contributed by atoms with van der Waals surface area (Å²) < 4.78 is 0.879. The van der Waals surface area contributed by atoms with Gasteiger partial charge in [-0.3, -0.25) is 0 Å². The first-order chi connectivity index (χ1) is 12.4. The van der Waals surface area contributed by atoms with Gasteiger partial charge >= 0.3 is 0 Å². The molecule has 26 heavy (non-hydrogen) atoms. The number of likely N-dealkylation sites (N-methyl/N-ethyl adjacent to an activating group) is 2. The maximum atomic E-state index is 10.2. The van der Waals surface area contributed by atoms with Crippen molar-refractivity contribution in [2.75, 3.05) is 39.5 Å². The molecule has 0 spiro atoms. The van der Waals surface area contributed by atoms with Gasteiger partial charge in [0.25, 0.3) is 0 Å². The predicted octanol–water partition coefficient (Wildman–Crippen LogP) is 3.62. The van der Waals surface area contributed by atoms with Gasteiger partial charge in [-0.2, -0.15) is 5.26 Å². The SMILES string of the molecule is CN(C)CCN(C)C(=Nc1ccccc1Br)Nc1ccc(C#N)cc1O. The van der Waals surface area contributed by atoms with E-state index in [0.29, 0.717) is 17.2 Å². The third-order valence-electron chi connectivity index (χ3n) is 3.70. The van der Waals surface area contributed by atoms with Crippen LogP contribution in [0.15, 0.2) is 51.9 Å². The van der Waals surface area contributed by atoms with E-state index in [-0.39, 0.29) is 5.75 Å². The van der Waals surface area contributed by atoms with Crippen molar-refractivity contribution in [3.63, 3.8) is 0 Å². The molecule has 0 fully saturated rings. The Morgan fingerprint density at radius 3 is 2.54 bits per heavy atom. The van der Waals surface area contributed by atoms with Crippen LogP contribution in [0.3, 0.4) is 0 Å². The van der Waals surface area contributed by atoms with E-state index in [0.717, 1.165) is 23.2 Å². The molecule has 0 radical (unpaired) electrons. The number of guanidine groups is 1. The number of anilines is 1. The Labute approximate surface area is 162 Å². The Balaban J connectivity index is 2.34. The number of aliphatic imine (C=N–C) groups is 1. The highest BCUT2D eigenvalue weighted by atomic mass is 79.9. The smallest absolute Gasteiger partial charge is 0.203 e. The maximum Gasteiger partial charge on any atom is 0.203 e. The average Bonchev–Trinajstić information content (AvgIpc) is 2.62. The van der Waals surface area contributed by atoms with Crippen molar-refractivity contribution in [2.24, 2.45) is 4.99 Å². The minimum Gasteiger partial charge on any atom is -0.506 e. The summed E-state index contributed by atoms with van der Waals surface area (Å²) in [5, 5.41) is 22.3. The van der Waals surface area contributed by atoms with E-state index in [9.17, 15) is 5.11 Å². The minimum atomic E-state index is 0.00452. The average molecular weight is 416 g/mol. The van der Waals surface area contributed by atoms with E-state index in [1.165, 1.54) is 6.07 Å². The molecule has 0 bridgehead atoms. The first-order valence-electron chi connectivity index (χ1n) is 8.10. The third-order valence-corrected chi connectivity index (χ3v) is 4.37. The number of rotatable bonds is 5. The molecule has 7 heteroatoms. The summed E-state index contributed by atoms with van der Waals surface area (Å²) in [6.07, 6.45) is 0. The van der Waals surface area contributed by atoms with Crippen molar-refractivity contribution in [3.8, 4) is 11.8 Å². The first-order valence-corrected chi connectivity index (χ1v) is 8.89. The van der Waals surface area contributed by atoms with Gasteiger partial charge in [0.2, 0.25) is 5.96 Å². The van der Waals surface area contributed by atoms with Crippen molar-refractivity contribution >= 4 is 33.3 Å². The van der Waals surface area contributed by atoms with Crippen LogP contribution in [0.2, 0.25) is 0 Å². The highest BCUT2D eigenvalue weighted by Crippen LogP contribution is 2.27. The van der Waals surface area contributed by atoms with Gasteiger partial charge in [0.05, 0.1) is 23.0 Å². The summed E-state index contributed by atoms with van der Waals surface area (Å²) >= 11 is 3.51. The second kappa shape index (κ2) is 9.22. The minimum absolute atomic E-state index is 0.00452. The van der Waals surface area contributed by atoms with Gasteiger partial charge in [-0.15, -0.1) is 0 Å². The van der Waals surface area contributed by atoms with Gasteiger partial charge in [0.15, 0.2) is 0 Å². The standard InChI is InChI=1S/C19H22BrN5O/c1-24(2)10-11-25(3)19(22-16-7-5-4-6-15(16)20)23-17-9-8-14(13-21)12-18(17)26/h4-9,12,26H,10-11H2,1-3H3,(H,22,23). The van der Waals surface area contributed by atoms with E-state index >= 15 is 0 Å². The van der Waals surface area contributed by atoms with Crippen LogP contribution in [0.25, 0.3) is 0 Å². The lowest BCUT2D eigenvalue weighted by molar-refractivity contribution is 0.356. The molecule has 0 unspecified atom stereocenters. The summed E-state index contributed by atoms with van der Waals surface area (Å²) in [6.45, 7) is 1.60. The zero-order valence-electron chi connectivity index (χ0n) is 15.1. The Morgan fingerprint density at radius 2 is 1.92 bits per heavy atom. The number of benzene rings is 2. The van der Waals surface area contributed by atoms with E-state index in [4.69, 9.17) is 10.3 Å². The fraction of sp³-hybridized carbons (Fsp3) is 0.263. The lowest BCUT2D eigenvalue weighted by atomic mass is 10.2. The maximum absolute atomic E-state index is 10.2. The van der Waals surface area contributed by atoms with Crippen LogP contribution in [0.4, 0.5) is 11.4 Å². The molecule has 2 rings (SSSR count). The van der Waals surface area contributed by atoms with Crippen molar-refractivity contribution in [3.05, 3.63) is 52.5 Å². The molecule has 0 amide bonds. The van der Waals surface area contributed by atoms with Crippen LogP contribution in [-0.2, 0) is 0 Å². The van der Waals surface area contributed by atoms with E-state index in [1.54, 1.807) is 12.1 Å². The zero-order chi connectivity index (χ0) is 19.1. The number of hydrogen-bond acceptors (Lipinski definition) is 4. The number of nitrogens with one attached hydrogen (secondary N) is 1. The summed E-state index contributed by atoms with van der Waals surface area (Å²) in [7, 11) is 5.96. The van der Waals surface area contributed by atoms with Gasteiger partial charge in [-0.1, -0.05) is 12.1 Å². The Hall–Kier alpha value is -2.56. The van der Waals surface area contributed by atoms with Crippen molar-refractivity contribution in [1.29, 1.82) is 5.26 Å². The molecule has 0 aliphatic carbocycles. The molecule has 0 heterocycles. The van der Waals surface area contributed by atoms with E-state index in [1.807, 2.05) is 56.4 Å². The number of nitriles is 1. The van der Waals surface area contributed by atoms with Gasteiger partial charge < -0.3 is 20.2 Å². The quantitative estimate of drug-likeness (QED) is 0.443. The van der Waals surface area contributed by atoms with Crippen molar-refractivity contribution < 1.29 is 5.11 Å². The number of halogens is 1. The molecule has 0 aliphatic rings. The highest BCUT2D eigenvalue weighted by Gasteiger charge is 2.12. The van der Waals surface area contributed by atoms with Crippen molar-refractivity contribution in [2.45, 2.75) is 0 Å². The molecule has 0 saturated carbocycles. The van der Waals surface area contributed by atoms with Crippen LogP contribution < -0.4 is 5.32 Å². The van der Waals surface area contributed by atoms with Crippen LogP contribution >= 0.6 is 15.9 Å². The van der Waals surface area contributed by atoms with Crippen LogP contribution in [0.5, 0.6) is 5.75 Å². The summed E-state index contributed by atoms with van der Waals surface area (Å²) in [4.78, 5) is 8.78. The van der Waals surface area contributed by atoms with E-state index in [2.05, 4.69) is 26.1 Å². The monoisotopic (exact) mass is 415 g/mol. The van der Waals surface area contributed by atoms with E-state index < -0.39 is 0 Å². The number of hydrogen-bond donors (Lipinski definition) is 2. The lowest BCUT2D eigenvalue weighted by Crippen LogP contribution is -2.37. The predicted molar refractivity (Wildman–Crippen MR) is 109 cm³/mol. The fourth-order valence-corrected chi connectivity index (χ4v) is 2.52. The number of nitrogens with zero attached hydrogens (tertiary/aromatic N) is 4. The molecule has 2 aromatic rings. The first kappa shape index (κ1) is 19.8. The Kier molecular flexibility index (Phi) is 7.01. The number of phenols is 1. The van der Waals surface area contributed by atoms with Crippen LogP contribution in [-0.4, -0.2) is 55.1 Å². The summed E-state index contributed by atoms with van der Waals surface area (Å²) in [5.74, 6) is 0.601. The fourth-order valence-electron chi connectivity index (χ4n) is 2.15. The molecule has 0 aliphatic heterocycles. The van der Waals surface area contributed by atoms with Gasteiger partial charge in [-0.05, 0) is 60.4 Å². The molecular formula is C19H22BrN5O. The van der Waals surface area contributed by atoms with Gasteiger partial charge in [-0.25, -0.2) is 4.99 Å². The largest absolute Gasteiger partial charge is 0.506 e. The molecule has 136 valence electrons. The summed E-state index contributed by atoms with van der Waals surface area (Å²) in [6, 6.07) is 14.4. The number of aromatic hydroxyl groups is 1. The normalized spacial score (nSPS) is 11.3. The number of para-hydroxylation sites is 1. The molecular weight excluding hydrogens is 394 g/mol. The Morgan fingerprint density at radius 1 is 1.19 bits per heavy atom. The third kappa shape index (κ3) is 5.48. The lowest BCUT2D eigenvalue weighted by Gasteiger charge is -2.24. The second-order valence-electron chi connectivity index (χ2n) is 6.08. The molecule has 0 aromatic heterocycles.